The van der Waals surface area contributed by atoms with Gasteiger partial charge in [0.05, 0.1) is 15.5 Å². The van der Waals surface area contributed by atoms with Crippen molar-refractivity contribution in [1.82, 2.24) is 4.98 Å². The van der Waals surface area contributed by atoms with Gasteiger partial charge in [-0.3, -0.25) is 9.59 Å². The third kappa shape index (κ3) is 3.88. The predicted octanol–water partition coefficient (Wildman–Crippen LogP) is 3.19. The van der Waals surface area contributed by atoms with E-state index < -0.39 is 0 Å². The molecule has 132 valence electrons. The zero-order valence-electron chi connectivity index (χ0n) is 14.2. The van der Waals surface area contributed by atoms with Crippen LogP contribution in [-0.4, -0.2) is 10.8 Å². The minimum absolute atomic E-state index is 0.217. The number of nitrogens with one attached hydrogen (secondary N) is 1. The summed E-state index contributed by atoms with van der Waals surface area (Å²) in [6.45, 7) is 0. The van der Waals surface area contributed by atoms with Gasteiger partial charge in [0.15, 0.2) is 5.76 Å². The fourth-order valence-corrected chi connectivity index (χ4v) is 3.57. The largest absolute Gasteiger partial charge is 0.461 e. The first-order valence-corrected chi connectivity index (χ1v) is 9.16. The minimum Gasteiger partial charge on any atom is -0.461 e. The number of Topliss-reactive ketones (excluding diaryl/α,β-unsaturated/α-hetero) is 1. The van der Waals surface area contributed by atoms with Crippen LogP contribution in [0.1, 0.15) is 16.1 Å². The van der Waals surface area contributed by atoms with E-state index in [0.717, 1.165) is 16.7 Å². The lowest BCUT2D eigenvalue weighted by Crippen LogP contribution is -2.19. The molecule has 0 radical (unpaired) electrons. The second kappa shape index (κ2) is 7.43. The van der Waals surface area contributed by atoms with Crippen LogP contribution in [0.3, 0.4) is 0 Å². The summed E-state index contributed by atoms with van der Waals surface area (Å²) in [5.74, 6) is -0.0393. The Morgan fingerprint density at radius 2 is 1.67 bits per heavy atom. The number of aromatic nitrogens is 1. The molecule has 0 unspecified atom stereocenters. The molecular formula is C22H15NO3S. The first kappa shape index (κ1) is 17.0. The summed E-state index contributed by atoms with van der Waals surface area (Å²) in [7, 11) is 0. The number of thiazole rings is 1. The average molecular weight is 373 g/mol. The van der Waals surface area contributed by atoms with Crippen LogP contribution < -0.4 is 14.8 Å². The standard InChI is InChI=1S/C22H15NO3S/c24-18(19-7-4-12-26-19)14-21-23-22(25)20(27-21)13-15-8-10-17(11-9-15)16-5-2-1-3-6-16/h1-14H,(H,23,25)/b20-13+,21-14+. The number of aromatic amines is 1. The van der Waals surface area contributed by atoms with Crippen molar-refractivity contribution in [2.24, 2.45) is 0 Å². The molecular weight excluding hydrogens is 358 g/mol. The summed E-state index contributed by atoms with van der Waals surface area (Å²) >= 11 is 1.24. The van der Waals surface area contributed by atoms with Gasteiger partial charge in [0.25, 0.3) is 5.56 Å². The molecule has 0 atom stereocenters. The van der Waals surface area contributed by atoms with Gasteiger partial charge in [-0.2, -0.15) is 0 Å². The third-order valence-electron chi connectivity index (χ3n) is 4.02. The molecule has 2 aromatic heterocycles. The Hall–Kier alpha value is -3.44. The number of benzene rings is 2. The van der Waals surface area contributed by atoms with Crippen molar-refractivity contribution < 1.29 is 9.21 Å². The average Bonchev–Trinajstić information content (AvgIpc) is 3.34. The normalized spacial score (nSPS) is 12.4. The van der Waals surface area contributed by atoms with E-state index in [0.29, 0.717) is 9.20 Å². The Labute approximate surface area is 158 Å². The molecule has 4 rings (SSSR count). The van der Waals surface area contributed by atoms with Gasteiger partial charge in [-0.05, 0) is 34.9 Å². The molecule has 0 aliphatic carbocycles. The van der Waals surface area contributed by atoms with E-state index in [1.54, 1.807) is 12.1 Å². The number of carbonyl (C=O) groups is 1. The molecule has 0 bridgehead atoms. The fourth-order valence-electron chi connectivity index (χ4n) is 2.69. The molecule has 0 saturated carbocycles. The molecule has 0 amide bonds. The molecule has 27 heavy (non-hydrogen) atoms. The number of hydrogen-bond donors (Lipinski definition) is 1. The van der Waals surface area contributed by atoms with Crippen LogP contribution in [-0.2, 0) is 0 Å². The van der Waals surface area contributed by atoms with Gasteiger partial charge in [0, 0.05) is 6.08 Å². The van der Waals surface area contributed by atoms with Gasteiger partial charge in [0.1, 0.15) is 0 Å². The Morgan fingerprint density at radius 1 is 0.926 bits per heavy atom. The maximum absolute atomic E-state index is 12.2. The van der Waals surface area contributed by atoms with Crippen LogP contribution >= 0.6 is 11.3 Å². The van der Waals surface area contributed by atoms with E-state index in [1.807, 2.05) is 48.5 Å². The molecule has 0 aliphatic rings. The summed E-state index contributed by atoms with van der Waals surface area (Å²) in [4.78, 5) is 26.9. The van der Waals surface area contributed by atoms with Crippen molar-refractivity contribution in [2.75, 3.05) is 0 Å². The number of ketones is 1. The smallest absolute Gasteiger partial charge is 0.266 e. The zero-order chi connectivity index (χ0) is 18.6. The van der Waals surface area contributed by atoms with Crippen molar-refractivity contribution in [2.45, 2.75) is 0 Å². The highest BCUT2D eigenvalue weighted by Crippen LogP contribution is 2.19. The summed E-state index contributed by atoms with van der Waals surface area (Å²) < 4.78 is 6.11. The highest BCUT2D eigenvalue weighted by molar-refractivity contribution is 7.07. The molecule has 0 saturated heterocycles. The highest BCUT2D eigenvalue weighted by atomic mass is 32.1. The number of H-pyrrole nitrogens is 1. The lowest BCUT2D eigenvalue weighted by atomic mass is 10.0. The molecule has 1 N–H and O–H groups in total. The Bertz CT molecular complexity index is 1230. The van der Waals surface area contributed by atoms with E-state index in [4.69, 9.17) is 4.42 Å². The second-order valence-electron chi connectivity index (χ2n) is 5.90. The second-order valence-corrected chi connectivity index (χ2v) is 6.99. The Kier molecular flexibility index (Phi) is 4.68. The molecule has 0 fully saturated rings. The van der Waals surface area contributed by atoms with Crippen molar-refractivity contribution in [1.29, 1.82) is 0 Å². The topological polar surface area (TPSA) is 63.1 Å². The van der Waals surface area contributed by atoms with Crippen LogP contribution in [0.4, 0.5) is 0 Å². The van der Waals surface area contributed by atoms with Gasteiger partial charge in [-0.25, -0.2) is 0 Å². The zero-order valence-corrected chi connectivity index (χ0v) is 15.0. The van der Waals surface area contributed by atoms with E-state index in [1.165, 1.54) is 23.7 Å². The molecule has 0 spiro atoms. The van der Waals surface area contributed by atoms with E-state index >= 15 is 0 Å². The predicted molar refractivity (Wildman–Crippen MR) is 107 cm³/mol. The van der Waals surface area contributed by atoms with Gasteiger partial charge >= 0.3 is 0 Å². The fraction of sp³-hybridized carbons (Fsp3) is 0. The first-order valence-electron chi connectivity index (χ1n) is 8.35. The summed E-state index contributed by atoms with van der Waals surface area (Å²) in [6, 6.07) is 21.3. The van der Waals surface area contributed by atoms with Crippen LogP contribution in [0.2, 0.25) is 0 Å². The quantitative estimate of drug-likeness (QED) is 0.559. The number of hydrogen-bond acceptors (Lipinski definition) is 4. The molecule has 4 aromatic rings. The number of rotatable bonds is 4. The Balaban J connectivity index is 1.64. The summed E-state index contributed by atoms with van der Waals surface area (Å²) in [6.07, 6.45) is 4.63. The van der Waals surface area contributed by atoms with Crippen LogP contribution in [0, 0.1) is 0 Å². The van der Waals surface area contributed by atoms with Crippen LogP contribution in [0.15, 0.2) is 82.2 Å². The molecule has 4 nitrogen and oxygen atoms in total. The summed E-state index contributed by atoms with van der Waals surface area (Å²) in [5.41, 5.74) is 2.97. The highest BCUT2D eigenvalue weighted by Gasteiger charge is 2.05. The van der Waals surface area contributed by atoms with Crippen molar-refractivity contribution in [3.05, 3.63) is 104 Å². The van der Waals surface area contributed by atoms with Crippen molar-refractivity contribution >= 4 is 29.3 Å². The van der Waals surface area contributed by atoms with Gasteiger partial charge < -0.3 is 9.40 Å². The molecule has 0 aliphatic heterocycles. The minimum atomic E-state index is -0.281. The van der Waals surface area contributed by atoms with Crippen molar-refractivity contribution in [3.63, 3.8) is 0 Å². The lowest BCUT2D eigenvalue weighted by Gasteiger charge is -2.01. The van der Waals surface area contributed by atoms with Gasteiger partial charge in [-0.15, -0.1) is 11.3 Å². The monoisotopic (exact) mass is 373 g/mol. The first-order chi connectivity index (χ1) is 13.2. The van der Waals surface area contributed by atoms with E-state index in [2.05, 4.69) is 17.1 Å². The van der Waals surface area contributed by atoms with Crippen LogP contribution in [0.25, 0.3) is 23.3 Å². The number of furan rings is 1. The number of carbonyl (C=O) groups excluding carboxylic acids is 1. The SMILES string of the molecule is O=C(/C=c1\[nH]c(=O)/c(=C\c2ccc(-c3ccccc3)cc2)s1)c1ccco1. The lowest BCUT2D eigenvalue weighted by molar-refractivity contribution is 0.103. The van der Waals surface area contributed by atoms with Crippen molar-refractivity contribution in [3.8, 4) is 11.1 Å². The molecule has 2 heterocycles. The third-order valence-corrected chi connectivity index (χ3v) is 4.99. The summed E-state index contributed by atoms with van der Waals surface area (Å²) in [5, 5.41) is 0. The van der Waals surface area contributed by atoms with Crippen LogP contribution in [0.5, 0.6) is 0 Å². The maximum Gasteiger partial charge on any atom is 0.266 e. The van der Waals surface area contributed by atoms with Gasteiger partial charge in [-0.1, -0.05) is 54.6 Å². The maximum atomic E-state index is 12.2. The van der Waals surface area contributed by atoms with E-state index in [-0.39, 0.29) is 17.1 Å². The van der Waals surface area contributed by atoms with E-state index in [9.17, 15) is 9.59 Å². The Morgan fingerprint density at radius 3 is 2.37 bits per heavy atom. The molecule has 2 aromatic carbocycles. The molecule has 5 heteroatoms. The van der Waals surface area contributed by atoms with Gasteiger partial charge in [0.2, 0.25) is 5.78 Å².